The molecule has 0 unspecified atom stereocenters. The SMILES string of the molecule is O=C(O)c1cc(F)c(F)c(OCF)c1F. The monoisotopic (exact) mass is 224 g/mol. The molecule has 0 amide bonds. The number of hydrogen-bond donors (Lipinski definition) is 1. The van der Waals surface area contributed by atoms with Crippen molar-refractivity contribution in [2.45, 2.75) is 0 Å². The lowest BCUT2D eigenvalue weighted by molar-refractivity contribution is 0.0688. The molecule has 82 valence electrons. The Morgan fingerprint density at radius 2 is 1.93 bits per heavy atom. The van der Waals surface area contributed by atoms with Gasteiger partial charge in [0.05, 0.1) is 0 Å². The molecule has 0 spiro atoms. The van der Waals surface area contributed by atoms with Crippen LogP contribution in [0.5, 0.6) is 5.75 Å². The van der Waals surface area contributed by atoms with Gasteiger partial charge in [-0.3, -0.25) is 0 Å². The molecule has 0 aromatic heterocycles. The number of alkyl halides is 1. The van der Waals surface area contributed by atoms with E-state index in [-0.39, 0.29) is 6.07 Å². The highest BCUT2D eigenvalue weighted by molar-refractivity contribution is 5.88. The van der Waals surface area contributed by atoms with Crippen LogP contribution in [0.1, 0.15) is 10.4 Å². The Morgan fingerprint density at radius 1 is 1.33 bits per heavy atom. The van der Waals surface area contributed by atoms with E-state index in [2.05, 4.69) is 4.74 Å². The number of ether oxygens (including phenoxy) is 1. The van der Waals surface area contributed by atoms with Crippen molar-refractivity contribution < 1.29 is 32.2 Å². The lowest BCUT2D eigenvalue weighted by Crippen LogP contribution is -2.07. The summed E-state index contributed by atoms with van der Waals surface area (Å²) in [4.78, 5) is 10.4. The molecule has 3 nitrogen and oxygen atoms in total. The molecule has 0 aliphatic carbocycles. The van der Waals surface area contributed by atoms with Crippen molar-refractivity contribution in [2.75, 3.05) is 6.86 Å². The average Bonchev–Trinajstić information content (AvgIpc) is 2.18. The number of hydrogen-bond acceptors (Lipinski definition) is 2. The summed E-state index contributed by atoms with van der Waals surface area (Å²) in [6, 6.07) is 0.151. The van der Waals surface area contributed by atoms with E-state index in [0.717, 1.165) is 0 Å². The van der Waals surface area contributed by atoms with E-state index in [1.165, 1.54) is 0 Å². The van der Waals surface area contributed by atoms with Gasteiger partial charge in [0.2, 0.25) is 12.7 Å². The van der Waals surface area contributed by atoms with E-state index in [0.29, 0.717) is 0 Å². The number of carboxylic acid groups (broad SMARTS) is 1. The maximum atomic E-state index is 13.1. The van der Waals surface area contributed by atoms with Crippen LogP contribution in [0.25, 0.3) is 0 Å². The van der Waals surface area contributed by atoms with Crippen molar-refractivity contribution in [3.05, 3.63) is 29.1 Å². The van der Waals surface area contributed by atoms with Gasteiger partial charge in [0.1, 0.15) is 5.56 Å². The number of rotatable bonds is 3. The molecule has 0 saturated heterocycles. The first-order chi connectivity index (χ1) is 6.99. The Kier molecular flexibility index (Phi) is 3.13. The van der Waals surface area contributed by atoms with E-state index in [4.69, 9.17) is 5.11 Å². The highest BCUT2D eigenvalue weighted by Gasteiger charge is 2.23. The minimum atomic E-state index is -1.81. The normalized spacial score (nSPS) is 10.1. The zero-order valence-corrected chi connectivity index (χ0v) is 7.06. The highest BCUT2D eigenvalue weighted by Crippen LogP contribution is 2.27. The third kappa shape index (κ3) is 2.00. The summed E-state index contributed by atoms with van der Waals surface area (Å²) in [5, 5.41) is 8.40. The smallest absolute Gasteiger partial charge is 0.338 e. The molecular weight excluding hydrogens is 220 g/mol. The van der Waals surface area contributed by atoms with Gasteiger partial charge in [0.15, 0.2) is 17.4 Å². The molecule has 1 aromatic rings. The zero-order valence-electron chi connectivity index (χ0n) is 7.06. The highest BCUT2D eigenvalue weighted by atomic mass is 19.2. The molecule has 0 atom stereocenters. The van der Waals surface area contributed by atoms with Gasteiger partial charge in [-0.05, 0) is 6.07 Å². The summed E-state index contributed by atoms with van der Waals surface area (Å²) in [7, 11) is 0. The summed E-state index contributed by atoms with van der Waals surface area (Å²) < 4.78 is 54.1. The quantitative estimate of drug-likeness (QED) is 0.631. The van der Waals surface area contributed by atoms with Crippen molar-refractivity contribution in [3.63, 3.8) is 0 Å². The molecule has 0 aliphatic heterocycles. The third-order valence-corrected chi connectivity index (χ3v) is 1.55. The molecule has 1 aromatic carbocycles. The van der Waals surface area contributed by atoms with E-state index in [9.17, 15) is 22.4 Å². The Hall–Kier alpha value is -1.79. The first-order valence-electron chi connectivity index (χ1n) is 3.58. The summed E-state index contributed by atoms with van der Waals surface area (Å²) >= 11 is 0. The van der Waals surface area contributed by atoms with Crippen molar-refractivity contribution in [1.82, 2.24) is 0 Å². The maximum absolute atomic E-state index is 13.1. The fourth-order valence-corrected chi connectivity index (χ4v) is 0.917. The van der Waals surface area contributed by atoms with Crippen molar-refractivity contribution in [1.29, 1.82) is 0 Å². The molecule has 0 radical (unpaired) electrons. The number of carboxylic acids is 1. The molecule has 0 fully saturated rings. The molecule has 15 heavy (non-hydrogen) atoms. The minimum absolute atomic E-state index is 0.151. The number of benzene rings is 1. The van der Waals surface area contributed by atoms with E-state index >= 15 is 0 Å². The van der Waals surface area contributed by atoms with Gasteiger partial charge in [-0.25, -0.2) is 18.0 Å². The second-order valence-corrected chi connectivity index (χ2v) is 2.42. The van der Waals surface area contributed by atoms with Gasteiger partial charge in [-0.2, -0.15) is 4.39 Å². The topological polar surface area (TPSA) is 46.5 Å². The van der Waals surface area contributed by atoms with E-state index < -0.39 is 41.6 Å². The van der Waals surface area contributed by atoms with Crippen LogP contribution in [0, 0.1) is 17.5 Å². The van der Waals surface area contributed by atoms with E-state index in [1.54, 1.807) is 0 Å². The van der Waals surface area contributed by atoms with Gasteiger partial charge in [-0.15, -0.1) is 0 Å². The lowest BCUT2D eigenvalue weighted by atomic mass is 10.2. The molecule has 1 N–H and O–H groups in total. The predicted molar refractivity (Wildman–Crippen MR) is 39.9 cm³/mol. The number of aromatic carboxylic acids is 1. The molecule has 1 rings (SSSR count). The molecular formula is C8H4F4O3. The Labute approximate surface area is 80.9 Å². The maximum Gasteiger partial charge on any atom is 0.338 e. The molecule has 0 saturated carbocycles. The lowest BCUT2D eigenvalue weighted by Gasteiger charge is -2.07. The van der Waals surface area contributed by atoms with Gasteiger partial charge in [0.25, 0.3) is 0 Å². The van der Waals surface area contributed by atoms with Crippen LogP contribution in [-0.2, 0) is 0 Å². The van der Waals surface area contributed by atoms with Crippen LogP contribution in [0.4, 0.5) is 17.6 Å². The number of carbonyl (C=O) groups is 1. The van der Waals surface area contributed by atoms with Crippen LogP contribution in [-0.4, -0.2) is 17.9 Å². The second kappa shape index (κ2) is 4.16. The minimum Gasteiger partial charge on any atom is -0.478 e. The fraction of sp³-hybridized carbons (Fsp3) is 0.125. The average molecular weight is 224 g/mol. The standard InChI is InChI=1S/C8H4F4O3/c9-2-15-7-5(11)3(8(13)14)1-4(10)6(7)12/h1H,2H2,(H,13,14). The molecule has 7 heteroatoms. The summed E-state index contributed by atoms with van der Waals surface area (Å²) in [5.74, 6) is -8.24. The van der Waals surface area contributed by atoms with Crippen molar-refractivity contribution >= 4 is 5.97 Å². The Morgan fingerprint density at radius 3 is 2.40 bits per heavy atom. The summed E-state index contributed by atoms with van der Waals surface area (Å²) in [6.45, 7) is -1.60. The Balaban J connectivity index is 3.41. The van der Waals surface area contributed by atoms with Crippen LogP contribution in [0.3, 0.4) is 0 Å². The van der Waals surface area contributed by atoms with Gasteiger partial charge in [0, 0.05) is 0 Å². The Bertz CT molecular complexity index is 405. The van der Waals surface area contributed by atoms with Crippen molar-refractivity contribution in [2.24, 2.45) is 0 Å². The molecule has 0 aliphatic rings. The zero-order chi connectivity index (χ0) is 11.6. The molecule has 0 heterocycles. The third-order valence-electron chi connectivity index (χ3n) is 1.55. The van der Waals surface area contributed by atoms with Gasteiger partial charge >= 0.3 is 5.97 Å². The first-order valence-corrected chi connectivity index (χ1v) is 3.58. The van der Waals surface area contributed by atoms with Crippen LogP contribution >= 0.6 is 0 Å². The number of halogens is 4. The molecule has 0 bridgehead atoms. The van der Waals surface area contributed by atoms with Gasteiger partial charge in [-0.1, -0.05) is 0 Å². The summed E-state index contributed by atoms with van der Waals surface area (Å²) in [5.41, 5.74) is -1.13. The first kappa shape index (κ1) is 11.3. The van der Waals surface area contributed by atoms with Crippen LogP contribution in [0.2, 0.25) is 0 Å². The van der Waals surface area contributed by atoms with Crippen LogP contribution < -0.4 is 4.74 Å². The predicted octanol–water partition coefficient (Wildman–Crippen LogP) is 2.11. The summed E-state index contributed by atoms with van der Waals surface area (Å²) in [6.07, 6.45) is 0. The van der Waals surface area contributed by atoms with Crippen molar-refractivity contribution in [3.8, 4) is 5.75 Å². The van der Waals surface area contributed by atoms with Gasteiger partial charge < -0.3 is 9.84 Å². The van der Waals surface area contributed by atoms with Crippen LogP contribution in [0.15, 0.2) is 6.07 Å². The second-order valence-electron chi connectivity index (χ2n) is 2.42. The van der Waals surface area contributed by atoms with E-state index in [1.807, 2.05) is 0 Å². The fourth-order valence-electron chi connectivity index (χ4n) is 0.917. The largest absolute Gasteiger partial charge is 0.478 e.